The van der Waals surface area contributed by atoms with Crippen LogP contribution < -0.4 is 0 Å². The summed E-state index contributed by atoms with van der Waals surface area (Å²) in [6.07, 6.45) is 7.83. The lowest BCUT2D eigenvalue weighted by molar-refractivity contribution is -0.136. The number of benzene rings is 1. The number of carbonyl (C=O) groups excluding carboxylic acids is 2. The fourth-order valence-corrected chi connectivity index (χ4v) is 5.14. The largest absolute Gasteiger partial charge is 0.508 e. The second-order valence-corrected chi connectivity index (χ2v) is 8.38. The molecule has 3 N–H and O–H groups in total. The highest BCUT2D eigenvalue weighted by molar-refractivity contribution is 6.18. The van der Waals surface area contributed by atoms with Crippen molar-refractivity contribution < 1.29 is 24.9 Å². The van der Waals surface area contributed by atoms with Gasteiger partial charge in [0, 0.05) is 17.0 Å². The Labute approximate surface area is 157 Å². The van der Waals surface area contributed by atoms with Crippen LogP contribution in [0.25, 0.3) is 0 Å². The number of hydrogen-bond acceptors (Lipinski definition) is 5. The maximum Gasteiger partial charge on any atom is 0.168 e. The SMILES string of the molecule is CC1=C[C@@H]2c3c(O)ccc(O)c3[C@@]3(C1)C(=O)C=CC(=O)[C@@]23/C=C/C(C)(C)O. The van der Waals surface area contributed by atoms with Crippen molar-refractivity contribution in [3.05, 3.63) is 59.2 Å². The second kappa shape index (κ2) is 5.20. The Hall–Kier alpha value is -2.66. The minimum absolute atomic E-state index is 0.0517. The first-order valence-corrected chi connectivity index (χ1v) is 8.97. The minimum atomic E-state index is -1.33. The second-order valence-electron chi connectivity index (χ2n) is 8.38. The Kier molecular flexibility index (Phi) is 3.41. The van der Waals surface area contributed by atoms with Gasteiger partial charge in [0.15, 0.2) is 11.6 Å². The van der Waals surface area contributed by atoms with Crippen molar-refractivity contribution in [2.45, 2.75) is 44.1 Å². The van der Waals surface area contributed by atoms with Crippen molar-refractivity contribution in [2.75, 3.05) is 0 Å². The molecule has 0 radical (unpaired) electrons. The maximum absolute atomic E-state index is 13.3. The van der Waals surface area contributed by atoms with Crippen LogP contribution in [-0.2, 0) is 15.0 Å². The third-order valence-corrected chi connectivity index (χ3v) is 6.10. The van der Waals surface area contributed by atoms with Crippen LogP contribution in [0, 0.1) is 5.41 Å². The minimum Gasteiger partial charge on any atom is -0.508 e. The summed E-state index contributed by atoms with van der Waals surface area (Å²) in [5.41, 5.74) is -2.19. The van der Waals surface area contributed by atoms with Gasteiger partial charge in [0.25, 0.3) is 0 Å². The van der Waals surface area contributed by atoms with Gasteiger partial charge in [0.05, 0.1) is 16.4 Å². The van der Waals surface area contributed by atoms with E-state index in [1.807, 2.05) is 13.0 Å². The van der Waals surface area contributed by atoms with Crippen molar-refractivity contribution in [2.24, 2.45) is 5.41 Å². The first-order chi connectivity index (χ1) is 12.5. The molecule has 1 aromatic carbocycles. The number of aromatic hydroxyl groups is 2. The Morgan fingerprint density at radius 2 is 1.74 bits per heavy atom. The lowest BCUT2D eigenvalue weighted by Gasteiger charge is -2.49. The standard InChI is InChI=1S/C22H22O5/c1-12-10-13-18-14(23)4-5-15(24)19(18)22(11-12)17(26)7-6-16(25)21(13,22)9-8-20(2,3)27/h4-10,13,23-24,27H,11H2,1-3H3/b9-8+/t13-,21-,22-/m1/s1. The molecule has 0 spiro atoms. The summed E-state index contributed by atoms with van der Waals surface area (Å²) in [5.74, 6) is -1.31. The van der Waals surface area contributed by atoms with Crippen molar-refractivity contribution in [3.8, 4) is 11.5 Å². The van der Waals surface area contributed by atoms with E-state index in [9.17, 15) is 24.9 Å². The van der Waals surface area contributed by atoms with Crippen LogP contribution in [0.15, 0.2) is 48.1 Å². The smallest absolute Gasteiger partial charge is 0.168 e. The molecule has 0 fully saturated rings. The normalized spacial score (nSPS) is 31.9. The molecule has 0 unspecified atom stereocenters. The van der Waals surface area contributed by atoms with Gasteiger partial charge in [-0.1, -0.05) is 23.8 Å². The first kappa shape index (κ1) is 17.7. The van der Waals surface area contributed by atoms with E-state index in [1.54, 1.807) is 19.9 Å². The van der Waals surface area contributed by atoms with Gasteiger partial charge in [-0.3, -0.25) is 9.59 Å². The molecule has 1 aromatic rings. The summed E-state index contributed by atoms with van der Waals surface area (Å²) in [5, 5.41) is 31.5. The van der Waals surface area contributed by atoms with E-state index in [-0.39, 0.29) is 29.5 Å². The molecule has 3 aliphatic carbocycles. The van der Waals surface area contributed by atoms with Crippen LogP contribution in [0.2, 0.25) is 0 Å². The first-order valence-electron chi connectivity index (χ1n) is 8.97. The van der Waals surface area contributed by atoms with Crippen LogP contribution in [0.4, 0.5) is 0 Å². The number of allylic oxidation sites excluding steroid dienone is 5. The molecule has 4 rings (SSSR count). The highest BCUT2D eigenvalue weighted by Gasteiger charge is 2.71. The van der Waals surface area contributed by atoms with Crippen LogP contribution in [0.1, 0.15) is 44.2 Å². The van der Waals surface area contributed by atoms with E-state index in [0.29, 0.717) is 11.1 Å². The molecule has 140 valence electrons. The molecule has 2 bridgehead atoms. The van der Waals surface area contributed by atoms with Gasteiger partial charge in [-0.25, -0.2) is 0 Å². The number of rotatable bonds is 2. The lowest BCUT2D eigenvalue weighted by atomic mass is 9.50. The zero-order valence-corrected chi connectivity index (χ0v) is 15.5. The Morgan fingerprint density at radius 1 is 1.11 bits per heavy atom. The molecule has 0 amide bonds. The van der Waals surface area contributed by atoms with E-state index < -0.39 is 22.3 Å². The van der Waals surface area contributed by atoms with Crippen molar-refractivity contribution >= 4 is 11.6 Å². The molecule has 5 nitrogen and oxygen atoms in total. The lowest BCUT2D eigenvalue weighted by Crippen LogP contribution is -2.56. The van der Waals surface area contributed by atoms with Gasteiger partial charge < -0.3 is 15.3 Å². The summed E-state index contributed by atoms with van der Waals surface area (Å²) in [6, 6.07) is 2.75. The van der Waals surface area contributed by atoms with Gasteiger partial charge in [-0.2, -0.15) is 0 Å². The Bertz CT molecular complexity index is 975. The average molecular weight is 366 g/mol. The molecular formula is C22H22O5. The van der Waals surface area contributed by atoms with Crippen molar-refractivity contribution in [1.29, 1.82) is 0 Å². The van der Waals surface area contributed by atoms with Gasteiger partial charge in [-0.15, -0.1) is 0 Å². The zero-order chi connectivity index (χ0) is 19.8. The van der Waals surface area contributed by atoms with E-state index in [0.717, 1.165) is 5.57 Å². The van der Waals surface area contributed by atoms with E-state index >= 15 is 0 Å². The molecule has 27 heavy (non-hydrogen) atoms. The third kappa shape index (κ3) is 2.03. The number of hydrogen-bond donors (Lipinski definition) is 3. The molecule has 0 saturated carbocycles. The number of carbonyl (C=O) groups is 2. The fraction of sp³-hybridized carbons (Fsp3) is 0.364. The molecule has 5 heteroatoms. The van der Waals surface area contributed by atoms with Gasteiger partial charge in [-0.05, 0) is 51.5 Å². The molecule has 0 heterocycles. The molecule has 3 atom stereocenters. The topological polar surface area (TPSA) is 94.8 Å². The van der Waals surface area contributed by atoms with E-state index in [4.69, 9.17) is 0 Å². The molecule has 0 saturated heterocycles. The van der Waals surface area contributed by atoms with Gasteiger partial charge in [0.1, 0.15) is 11.5 Å². The predicted molar refractivity (Wildman–Crippen MR) is 99.6 cm³/mol. The molecular weight excluding hydrogens is 344 g/mol. The van der Waals surface area contributed by atoms with Crippen LogP contribution in [0.3, 0.4) is 0 Å². The number of phenols is 2. The quantitative estimate of drug-likeness (QED) is 0.553. The maximum atomic E-state index is 13.3. The summed E-state index contributed by atoms with van der Waals surface area (Å²) in [4.78, 5) is 26.6. The summed E-state index contributed by atoms with van der Waals surface area (Å²) in [6.45, 7) is 5.06. The molecule has 3 aliphatic rings. The Morgan fingerprint density at radius 3 is 2.41 bits per heavy atom. The predicted octanol–water partition coefficient (Wildman–Crippen LogP) is 2.80. The van der Waals surface area contributed by atoms with Gasteiger partial charge in [0.2, 0.25) is 0 Å². The monoisotopic (exact) mass is 366 g/mol. The summed E-state index contributed by atoms with van der Waals surface area (Å²) in [7, 11) is 0. The number of fused-ring (bicyclic) bond motifs is 2. The number of aliphatic hydroxyl groups is 1. The third-order valence-electron chi connectivity index (χ3n) is 6.10. The van der Waals surface area contributed by atoms with Crippen LogP contribution in [0.5, 0.6) is 11.5 Å². The van der Waals surface area contributed by atoms with Crippen molar-refractivity contribution in [3.63, 3.8) is 0 Å². The Balaban J connectivity index is 2.16. The van der Waals surface area contributed by atoms with Crippen molar-refractivity contribution in [1.82, 2.24) is 0 Å². The molecule has 0 aromatic heterocycles. The van der Waals surface area contributed by atoms with E-state index in [2.05, 4.69) is 0 Å². The highest BCUT2D eigenvalue weighted by atomic mass is 16.3. The van der Waals surface area contributed by atoms with Gasteiger partial charge >= 0.3 is 0 Å². The van der Waals surface area contributed by atoms with Crippen LogP contribution >= 0.6 is 0 Å². The summed E-state index contributed by atoms with van der Waals surface area (Å²) < 4.78 is 0. The number of ketones is 2. The van der Waals surface area contributed by atoms with Crippen LogP contribution in [-0.4, -0.2) is 32.5 Å². The molecule has 0 aliphatic heterocycles. The van der Waals surface area contributed by atoms with E-state index in [1.165, 1.54) is 30.4 Å². The summed E-state index contributed by atoms with van der Waals surface area (Å²) >= 11 is 0. The highest BCUT2D eigenvalue weighted by Crippen LogP contribution is 2.70. The zero-order valence-electron chi connectivity index (χ0n) is 15.5. The number of phenolic OH excluding ortho intramolecular Hbond substituents is 2. The fourth-order valence-electron chi connectivity index (χ4n) is 5.14. The average Bonchev–Trinajstić information content (AvgIpc) is 2.72.